The summed E-state index contributed by atoms with van der Waals surface area (Å²) in [5, 5.41) is 0. The summed E-state index contributed by atoms with van der Waals surface area (Å²) in [6.07, 6.45) is 5.23. The van der Waals surface area contributed by atoms with Crippen LogP contribution in [0, 0.1) is 0 Å². The summed E-state index contributed by atoms with van der Waals surface area (Å²) in [4.78, 5) is 17.3. The molecule has 0 aliphatic heterocycles. The number of phosphoric acid groups is 1. The highest BCUT2D eigenvalue weighted by Crippen LogP contribution is 2.39. The molecule has 0 fully saturated rings. The minimum atomic E-state index is -4.30. The molecule has 5 heteroatoms. The van der Waals surface area contributed by atoms with Crippen LogP contribution in [0.15, 0.2) is 0 Å². The Labute approximate surface area is 85.9 Å². The van der Waals surface area contributed by atoms with Gasteiger partial charge in [0, 0.05) is 0 Å². The normalized spacial score (nSPS) is 14.3. The third kappa shape index (κ3) is 8.70. The Hall–Kier alpha value is 0.110. The van der Waals surface area contributed by atoms with E-state index in [2.05, 4.69) is 6.92 Å². The topological polar surface area (TPSA) is 66.8 Å². The van der Waals surface area contributed by atoms with Gasteiger partial charge in [-0.05, 0) is 12.8 Å². The van der Waals surface area contributed by atoms with Crippen molar-refractivity contribution in [3.63, 3.8) is 0 Å². The lowest BCUT2D eigenvalue weighted by molar-refractivity contribution is 0.117. The molecule has 0 saturated heterocycles. The molecule has 86 valence electrons. The summed E-state index contributed by atoms with van der Waals surface area (Å²) < 4.78 is 15.3. The van der Waals surface area contributed by atoms with E-state index in [1.54, 1.807) is 0 Å². The highest BCUT2D eigenvalue weighted by Gasteiger charge is 2.20. The van der Waals surface area contributed by atoms with E-state index in [9.17, 15) is 4.57 Å². The highest BCUT2D eigenvalue weighted by atomic mass is 31.2. The summed E-state index contributed by atoms with van der Waals surface area (Å²) in [7, 11) is -4.30. The standard InChI is InChI=1S/C9H21O4P/c1-3-5-6-8-9(7-4-2)13-14(10,11)12/h9H,3-8H2,1-2H3,(H2,10,11,12). The van der Waals surface area contributed by atoms with Crippen molar-refractivity contribution in [2.75, 3.05) is 0 Å². The zero-order valence-electron chi connectivity index (χ0n) is 8.98. The average Bonchev–Trinajstić information content (AvgIpc) is 2.02. The van der Waals surface area contributed by atoms with Crippen molar-refractivity contribution in [2.45, 2.75) is 58.5 Å². The van der Waals surface area contributed by atoms with Crippen molar-refractivity contribution >= 4 is 7.82 Å². The molecule has 0 rings (SSSR count). The zero-order chi connectivity index (χ0) is 11.0. The third-order valence-electron chi connectivity index (χ3n) is 2.03. The van der Waals surface area contributed by atoms with Gasteiger partial charge in [0.25, 0.3) is 0 Å². The fourth-order valence-corrected chi connectivity index (χ4v) is 1.99. The lowest BCUT2D eigenvalue weighted by Gasteiger charge is -2.17. The first kappa shape index (κ1) is 14.1. The van der Waals surface area contributed by atoms with Gasteiger partial charge in [-0.1, -0.05) is 39.5 Å². The van der Waals surface area contributed by atoms with Crippen LogP contribution in [-0.4, -0.2) is 15.9 Å². The molecule has 0 aliphatic carbocycles. The van der Waals surface area contributed by atoms with E-state index in [0.717, 1.165) is 38.5 Å². The van der Waals surface area contributed by atoms with Gasteiger partial charge in [-0.15, -0.1) is 0 Å². The van der Waals surface area contributed by atoms with Gasteiger partial charge >= 0.3 is 7.82 Å². The zero-order valence-corrected chi connectivity index (χ0v) is 9.87. The predicted octanol–water partition coefficient (Wildman–Crippen LogP) is 2.84. The molecule has 0 saturated carbocycles. The first-order valence-corrected chi connectivity index (χ1v) is 6.76. The molecule has 4 nitrogen and oxygen atoms in total. The highest BCUT2D eigenvalue weighted by molar-refractivity contribution is 7.46. The van der Waals surface area contributed by atoms with Crippen LogP contribution in [0.3, 0.4) is 0 Å². The summed E-state index contributed by atoms with van der Waals surface area (Å²) >= 11 is 0. The van der Waals surface area contributed by atoms with Gasteiger partial charge < -0.3 is 9.79 Å². The fourth-order valence-electron chi connectivity index (χ4n) is 1.39. The maximum absolute atomic E-state index is 10.6. The first-order valence-electron chi connectivity index (χ1n) is 5.23. The van der Waals surface area contributed by atoms with Crippen molar-refractivity contribution in [2.24, 2.45) is 0 Å². The SMILES string of the molecule is CCCCCC(CCC)OP(=O)(O)O. The molecule has 2 N–H and O–H groups in total. The summed E-state index contributed by atoms with van der Waals surface area (Å²) in [6.45, 7) is 4.08. The summed E-state index contributed by atoms with van der Waals surface area (Å²) in [6, 6.07) is 0. The number of rotatable bonds is 8. The van der Waals surface area contributed by atoms with Gasteiger partial charge in [0.2, 0.25) is 0 Å². The van der Waals surface area contributed by atoms with Gasteiger partial charge in [-0.2, -0.15) is 0 Å². The van der Waals surface area contributed by atoms with Crippen molar-refractivity contribution in [3.8, 4) is 0 Å². The molecule has 1 unspecified atom stereocenters. The van der Waals surface area contributed by atoms with Gasteiger partial charge in [-0.3, -0.25) is 4.52 Å². The van der Waals surface area contributed by atoms with Crippen LogP contribution in [0.1, 0.15) is 52.4 Å². The Morgan fingerprint density at radius 1 is 1.14 bits per heavy atom. The molecule has 0 radical (unpaired) electrons. The molecule has 0 bridgehead atoms. The maximum Gasteiger partial charge on any atom is 0.469 e. The molecule has 1 atom stereocenters. The number of hydrogen-bond acceptors (Lipinski definition) is 2. The lowest BCUT2D eigenvalue weighted by Crippen LogP contribution is -2.10. The van der Waals surface area contributed by atoms with E-state index in [1.807, 2.05) is 6.92 Å². The average molecular weight is 224 g/mol. The monoisotopic (exact) mass is 224 g/mol. The summed E-state index contributed by atoms with van der Waals surface area (Å²) in [5.41, 5.74) is 0. The maximum atomic E-state index is 10.6. The second kappa shape index (κ2) is 7.41. The molecule has 0 spiro atoms. The molecular weight excluding hydrogens is 203 g/mol. The number of hydrogen-bond donors (Lipinski definition) is 2. The molecule has 0 aromatic carbocycles. The Bertz CT molecular complexity index is 178. The van der Waals surface area contributed by atoms with E-state index in [4.69, 9.17) is 14.3 Å². The lowest BCUT2D eigenvalue weighted by atomic mass is 10.1. The van der Waals surface area contributed by atoms with Crippen molar-refractivity contribution in [3.05, 3.63) is 0 Å². The molecule has 0 aromatic rings. The molecule has 0 aromatic heterocycles. The third-order valence-corrected chi connectivity index (χ3v) is 2.60. The van der Waals surface area contributed by atoms with E-state index < -0.39 is 7.82 Å². The van der Waals surface area contributed by atoms with Crippen molar-refractivity contribution in [1.82, 2.24) is 0 Å². The van der Waals surface area contributed by atoms with E-state index in [-0.39, 0.29) is 6.10 Å². The fraction of sp³-hybridized carbons (Fsp3) is 1.00. The Balaban J connectivity index is 3.83. The molecule has 14 heavy (non-hydrogen) atoms. The Kier molecular flexibility index (Phi) is 7.47. The van der Waals surface area contributed by atoms with Crippen molar-refractivity contribution < 1.29 is 18.9 Å². The van der Waals surface area contributed by atoms with Gasteiger partial charge in [0.05, 0.1) is 6.10 Å². The van der Waals surface area contributed by atoms with Crippen LogP contribution < -0.4 is 0 Å². The molecular formula is C9H21O4P. The predicted molar refractivity (Wildman–Crippen MR) is 56.0 cm³/mol. The van der Waals surface area contributed by atoms with Crippen LogP contribution in [0.4, 0.5) is 0 Å². The minimum Gasteiger partial charge on any atom is -0.303 e. The van der Waals surface area contributed by atoms with Gasteiger partial charge in [0.15, 0.2) is 0 Å². The molecule has 0 amide bonds. The van der Waals surface area contributed by atoms with E-state index in [0.29, 0.717) is 0 Å². The second-order valence-corrected chi connectivity index (χ2v) is 4.69. The minimum absolute atomic E-state index is 0.285. The quantitative estimate of drug-likeness (QED) is 0.491. The molecule has 0 heterocycles. The van der Waals surface area contributed by atoms with Gasteiger partial charge in [0.1, 0.15) is 0 Å². The van der Waals surface area contributed by atoms with Gasteiger partial charge in [-0.25, -0.2) is 4.57 Å². The Morgan fingerprint density at radius 2 is 1.79 bits per heavy atom. The van der Waals surface area contributed by atoms with Crippen molar-refractivity contribution in [1.29, 1.82) is 0 Å². The Morgan fingerprint density at radius 3 is 2.21 bits per heavy atom. The van der Waals surface area contributed by atoms with Crippen LogP contribution in [0.2, 0.25) is 0 Å². The van der Waals surface area contributed by atoms with Crippen LogP contribution in [-0.2, 0) is 9.09 Å². The molecule has 0 aliphatic rings. The summed E-state index contributed by atoms with van der Waals surface area (Å²) in [5.74, 6) is 0. The largest absolute Gasteiger partial charge is 0.469 e. The van der Waals surface area contributed by atoms with E-state index >= 15 is 0 Å². The number of phosphoric ester groups is 1. The van der Waals surface area contributed by atoms with Crippen LogP contribution in [0.25, 0.3) is 0 Å². The van der Waals surface area contributed by atoms with E-state index in [1.165, 1.54) is 0 Å². The second-order valence-electron chi connectivity index (χ2n) is 3.50. The van der Waals surface area contributed by atoms with Crippen LogP contribution >= 0.6 is 7.82 Å². The first-order chi connectivity index (χ1) is 6.49. The smallest absolute Gasteiger partial charge is 0.303 e. The van der Waals surface area contributed by atoms with Crippen LogP contribution in [0.5, 0.6) is 0 Å². The number of unbranched alkanes of at least 4 members (excludes halogenated alkanes) is 2.